The van der Waals surface area contributed by atoms with Gasteiger partial charge in [0.2, 0.25) is 0 Å². The topological polar surface area (TPSA) is 54.4 Å². The first-order valence-electron chi connectivity index (χ1n) is 7.17. The fraction of sp³-hybridized carbons (Fsp3) is 0.500. The van der Waals surface area contributed by atoms with Gasteiger partial charge in [-0.15, -0.1) is 11.8 Å². The van der Waals surface area contributed by atoms with Gasteiger partial charge in [0, 0.05) is 9.64 Å². The Morgan fingerprint density at radius 3 is 2.62 bits per heavy atom. The first-order valence-corrected chi connectivity index (χ1v) is 9.60. The Hall–Kier alpha value is -0.780. The fourth-order valence-electron chi connectivity index (χ4n) is 2.87. The van der Waals surface area contributed by atoms with Gasteiger partial charge in [0.05, 0.1) is 5.75 Å². The summed E-state index contributed by atoms with van der Waals surface area (Å²) in [5.41, 5.74) is 0. The molecule has 0 radical (unpaired) electrons. The van der Waals surface area contributed by atoms with E-state index in [1.165, 1.54) is 0 Å². The molecule has 1 aliphatic rings. The van der Waals surface area contributed by atoms with Gasteiger partial charge in [-0.1, -0.05) is 37.3 Å². The second-order valence-electron chi connectivity index (χ2n) is 5.84. The van der Waals surface area contributed by atoms with E-state index in [0.717, 1.165) is 17.7 Å². The number of benzene rings is 1. The van der Waals surface area contributed by atoms with Gasteiger partial charge in [0.25, 0.3) is 10.1 Å². The highest BCUT2D eigenvalue weighted by Gasteiger charge is 2.41. The zero-order valence-corrected chi connectivity index (χ0v) is 14.0. The molecule has 0 saturated heterocycles. The van der Waals surface area contributed by atoms with E-state index >= 15 is 0 Å². The van der Waals surface area contributed by atoms with Crippen molar-refractivity contribution < 1.29 is 13.0 Å². The zero-order chi connectivity index (χ0) is 15.5. The summed E-state index contributed by atoms with van der Waals surface area (Å²) in [6.07, 6.45) is 5.92. The molecular formula is C16H22O3S2. The molecule has 0 spiro atoms. The number of hydrogen-bond acceptors (Lipinski definition) is 3. The van der Waals surface area contributed by atoms with Crippen LogP contribution in [0.3, 0.4) is 0 Å². The molecule has 1 aromatic carbocycles. The van der Waals surface area contributed by atoms with Crippen LogP contribution in [0.25, 0.3) is 0 Å². The highest BCUT2D eigenvalue weighted by molar-refractivity contribution is 8.00. The summed E-state index contributed by atoms with van der Waals surface area (Å²) in [5, 5.41) is 0. The maximum absolute atomic E-state index is 11.4. The fourth-order valence-corrected chi connectivity index (χ4v) is 5.43. The first-order chi connectivity index (χ1) is 9.81. The van der Waals surface area contributed by atoms with Crippen LogP contribution in [-0.2, 0) is 10.1 Å². The van der Waals surface area contributed by atoms with Crippen LogP contribution in [0.2, 0.25) is 0 Å². The Morgan fingerprint density at radius 1 is 1.33 bits per heavy atom. The van der Waals surface area contributed by atoms with Crippen molar-refractivity contribution in [1.29, 1.82) is 0 Å². The lowest BCUT2D eigenvalue weighted by molar-refractivity contribution is 0.349. The lowest BCUT2D eigenvalue weighted by atomic mass is 9.83. The third kappa shape index (κ3) is 4.34. The Kier molecular flexibility index (Phi) is 5.17. The van der Waals surface area contributed by atoms with Crippen LogP contribution in [0.5, 0.6) is 0 Å². The predicted octanol–water partition coefficient (Wildman–Crippen LogP) is 4.03. The Labute approximate surface area is 131 Å². The van der Waals surface area contributed by atoms with Gasteiger partial charge in [0.15, 0.2) is 0 Å². The molecule has 0 saturated carbocycles. The summed E-state index contributed by atoms with van der Waals surface area (Å²) in [6, 6.07) is 10.0. The lowest BCUT2D eigenvalue weighted by Gasteiger charge is -2.39. The van der Waals surface area contributed by atoms with E-state index in [4.69, 9.17) is 0 Å². The first kappa shape index (κ1) is 16.6. The summed E-state index contributed by atoms with van der Waals surface area (Å²) < 4.78 is 31.8. The van der Waals surface area contributed by atoms with Gasteiger partial charge in [-0.3, -0.25) is 4.55 Å². The van der Waals surface area contributed by atoms with Crippen LogP contribution in [-0.4, -0.2) is 23.5 Å². The van der Waals surface area contributed by atoms with Gasteiger partial charge in [-0.2, -0.15) is 8.42 Å². The largest absolute Gasteiger partial charge is 0.286 e. The lowest BCUT2D eigenvalue weighted by Crippen LogP contribution is -2.40. The van der Waals surface area contributed by atoms with Crippen LogP contribution in [0.1, 0.15) is 26.7 Å². The van der Waals surface area contributed by atoms with Crippen LogP contribution in [0.4, 0.5) is 0 Å². The Bertz CT molecular complexity index is 595. The van der Waals surface area contributed by atoms with Crippen LogP contribution in [0, 0.1) is 11.8 Å². The molecule has 0 heterocycles. The Balaban J connectivity index is 2.33. The molecule has 1 aliphatic carbocycles. The molecule has 0 bridgehead atoms. The van der Waals surface area contributed by atoms with Crippen molar-refractivity contribution >= 4 is 21.9 Å². The van der Waals surface area contributed by atoms with Crippen LogP contribution < -0.4 is 0 Å². The van der Waals surface area contributed by atoms with E-state index in [2.05, 4.69) is 26.0 Å². The minimum atomic E-state index is -3.97. The second-order valence-corrected chi connectivity index (χ2v) is 8.89. The molecule has 0 fully saturated rings. The van der Waals surface area contributed by atoms with Gasteiger partial charge in [-0.05, 0) is 43.7 Å². The van der Waals surface area contributed by atoms with E-state index in [-0.39, 0.29) is 22.3 Å². The predicted molar refractivity (Wildman–Crippen MR) is 88.1 cm³/mol. The molecule has 21 heavy (non-hydrogen) atoms. The second kappa shape index (κ2) is 6.55. The molecule has 0 amide bonds. The average Bonchev–Trinajstić information content (AvgIpc) is 2.52. The molecule has 116 valence electrons. The third-order valence-electron chi connectivity index (χ3n) is 4.31. The van der Waals surface area contributed by atoms with Crippen molar-refractivity contribution in [3.05, 3.63) is 42.5 Å². The van der Waals surface area contributed by atoms with Crippen molar-refractivity contribution in [1.82, 2.24) is 0 Å². The highest BCUT2D eigenvalue weighted by Crippen LogP contribution is 2.47. The smallest absolute Gasteiger partial charge is 0.265 e. The molecule has 3 atom stereocenters. The van der Waals surface area contributed by atoms with E-state index < -0.39 is 10.1 Å². The van der Waals surface area contributed by atoms with E-state index in [0.29, 0.717) is 0 Å². The number of thioether (sulfide) groups is 1. The molecule has 2 unspecified atom stereocenters. The minimum absolute atomic E-state index is 0.0808. The summed E-state index contributed by atoms with van der Waals surface area (Å²) >= 11 is 1.71. The zero-order valence-electron chi connectivity index (χ0n) is 12.4. The molecule has 1 N–H and O–H groups in total. The molecule has 5 heteroatoms. The normalized spacial score (nSPS) is 30.0. The van der Waals surface area contributed by atoms with Crippen molar-refractivity contribution in [2.24, 2.45) is 11.8 Å². The third-order valence-corrected chi connectivity index (χ3v) is 6.79. The van der Waals surface area contributed by atoms with E-state index in [1.54, 1.807) is 11.8 Å². The average molecular weight is 326 g/mol. The van der Waals surface area contributed by atoms with E-state index in [9.17, 15) is 13.0 Å². The molecule has 2 rings (SSSR count). The highest BCUT2D eigenvalue weighted by atomic mass is 32.2. The van der Waals surface area contributed by atoms with E-state index in [1.807, 2.05) is 30.3 Å². The van der Waals surface area contributed by atoms with Crippen molar-refractivity contribution in [2.45, 2.75) is 36.3 Å². The quantitative estimate of drug-likeness (QED) is 0.670. The Morgan fingerprint density at radius 2 is 2.00 bits per heavy atom. The summed E-state index contributed by atoms with van der Waals surface area (Å²) in [7, 11) is -3.97. The maximum Gasteiger partial charge on any atom is 0.265 e. The standard InChI is InChI=1S/C16H22O3S2/c1-13-8-6-7-9-14(12-21(17,18)19)16(13,2)20-15-10-4-3-5-11-15/h3-6,8,10-11,13-14H,7,9,12H2,1-2H3,(H,17,18,19)/t13?,14-,16?/m0/s1. The minimum Gasteiger partial charge on any atom is -0.286 e. The molecule has 0 aromatic heterocycles. The van der Waals surface area contributed by atoms with Crippen LogP contribution in [0.15, 0.2) is 47.4 Å². The number of allylic oxidation sites excluding steroid dienone is 2. The van der Waals surface area contributed by atoms with Gasteiger partial charge in [0.1, 0.15) is 0 Å². The number of rotatable bonds is 4. The molecule has 1 aromatic rings. The van der Waals surface area contributed by atoms with Gasteiger partial charge in [-0.25, -0.2) is 0 Å². The molecule has 3 nitrogen and oxygen atoms in total. The van der Waals surface area contributed by atoms with Crippen molar-refractivity contribution in [3.63, 3.8) is 0 Å². The summed E-state index contributed by atoms with van der Waals surface area (Å²) in [6.45, 7) is 4.23. The van der Waals surface area contributed by atoms with Crippen molar-refractivity contribution in [2.75, 3.05) is 5.75 Å². The van der Waals surface area contributed by atoms with Crippen LogP contribution >= 0.6 is 11.8 Å². The molecule has 0 aliphatic heterocycles. The monoisotopic (exact) mass is 326 g/mol. The van der Waals surface area contributed by atoms with Gasteiger partial charge < -0.3 is 0 Å². The SMILES string of the molecule is CC1C=CCC[C@@H](CS(=O)(=O)O)C1(C)Sc1ccccc1. The van der Waals surface area contributed by atoms with Crippen molar-refractivity contribution in [3.8, 4) is 0 Å². The maximum atomic E-state index is 11.4. The summed E-state index contributed by atoms with van der Waals surface area (Å²) in [4.78, 5) is 1.13. The van der Waals surface area contributed by atoms with Gasteiger partial charge >= 0.3 is 0 Å². The number of hydrogen-bond donors (Lipinski definition) is 1. The molecular weight excluding hydrogens is 304 g/mol. The summed E-state index contributed by atoms with van der Waals surface area (Å²) in [5.74, 6) is -0.0188.